The van der Waals surface area contributed by atoms with Crippen molar-refractivity contribution in [2.75, 3.05) is 11.1 Å². The zero-order valence-electron chi connectivity index (χ0n) is 10.5. The first-order chi connectivity index (χ1) is 9.92. The van der Waals surface area contributed by atoms with E-state index in [0.717, 1.165) is 0 Å². The number of carbonyl (C=O) groups excluding carboxylic acids is 1. The average Bonchev–Trinajstić information content (AvgIpc) is 2.44. The molecule has 2 aromatic rings. The number of amides is 1. The first-order valence-corrected chi connectivity index (χ1v) is 6.81. The second kappa shape index (κ2) is 6.23. The van der Waals surface area contributed by atoms with Gasteiger partial charge in [0.15, 0.2) is 0 Å². The van der Waals surface area contributed by atoms with E-state index < -0.39 is 5.91 Å². The zero-order valence-corrected chi connectivity index (χ0v) is 12.7. The Labute approximate surface area is 136 Å². The van der Waals surface area contributed by atoms with E-state index in [4.69, 9.17) is 45.8 Å². The number of nitrogens with two attached hydrogens (primary N) is 1. The third kappa shape index (κ3) is 3.40. The predicted molar refractivity (Wildman–Crippen MR) is 85.0 cm³/mol. The van der Waals surface area contributed by atoms with Crippen LogP contribution in [0.2, 0.25) is 15.1 Å². The highest BCUT2D eigenvalue weighted by Crippen LogP contribution is 2.29. The lowest BCUT2D eigenvalue weighted by Gasteiger charge is -2.09. The average molecular weight is 341 g/mol. The molecule has 0 saturated heterocycles. The standard InChI is InChI=1S/C14H8Cl3N3O/c15-11-2-1-9(3-7(11)6-18)20-14(21)10-4-8(19)5-12(16)13(10)17/h1-5H,19H2,(H,20,21). The Morgan fingerprint density at radius 3 is 2.52 bits per heavy atom. The van der Waals surface area contributed by atoms with Gasteiger partial charge in [-0.25, -0.2) is 0 Å². The minimum absolute atomic E-state index is 0.109. The molecule has 1 amide bonds. The van der Waals surface area contributed by atoms with Crippen LogP contribution >= 0.6 is 34.8 Å². The van der Waals surface area contributed by atoms with E-state index in [1.54, 1.807) is 6.07 Å². The molecule has 0 aliphatic rings. The number of nitrogens with one attached hydrogen (secondary N) is 1. The normalized spacial score (nSPS) is 10.0. The molecule has 106 valence electrons. The van der Waals surface area contributed by atoms with Crippen molar-refractivity contribution in [2.24, 2.45) is 0 Å². The van der Waals surface area contributed by atoms with Crippen LogP contribution in [0.4, 0.5) is 11.4 Å². The van der Waals surface area contributed by atoms with Gasteiger partial charge in [0.2, 0.25) is 0 Å². The molecule has 0 aliphatic carbocycles. The quantitative estimate of drug-likeness (QED) is 0.797. The van der Waals surface area contributed by atoms with Gasteiger partial charge in [0.05, 0.1) is 26.2 Å². The maximum atomic E-state index is 12.2. The SMILES string of the molecule is N#Cc1cc(NC(=O)c2cc(N)cc(Cl)c2Cl)ccc1Cl. The number of hydrogen-bond acceptors (Lipinski definition) is 3. The molecule has 0 saturated carbocycles. The van der Waals surface area contributed by atoms with Crippen molar-refractivity contribution < 1.29 is 4.79 Å². The van der Waals surface area contributed by atoms with E-state index in [1.807, 2.05) is 6.07 Å². The summed E-state index contributed by atoms with van der Waals surface area (Å²) in [5.74, 6) is -0.486. The first kappa shape index (κ1) is 15.5. The summed E-state index contributed by atoms with van der Waals surface area (Å²) in [7, 11) is 0. The van der Waals surface area contributed by atoms with Crippen molar-refractivity contribution in [1.82, 2.24) is 0 Å². The Bertz CT molecular complexity index is 769. The third-order valence-electron chi connectivity index (χ3n) is 2.64. The molecule has 0 atom stereocenters. The molecule has 0 radical (unpaired) electrons. The molecule has 0 unspecified atom stereocenters. The summed E-state index contributed by atoms with van der Waals surface area (Å²) in [6.45, 7) is 0. The minimum atomic E-state index is -0.486. The van der Waals surface area contributed by atoms with Crippen LogP contribution in [0.5, 0.6) is 0 Å². The highest BCUT2D eigenvalue weighted by atomic mass is 35.5. The summed E-state index contributed by atoms with van der Waals surface area (Å²) in [5, 5.41) is 12.1. The fourth-order valence-electron chi connectivity index (χ4n) is 1.66. The largest absolute Gasteiger partial charge is 0.399 e. The number of benzene rings is 2. The smallest absolute Gasteiger partial charge is 0.257 e. The van der Waals surface area contributed by atoms with Gasteiger partial charge in [-0.2, -0.15) is 5.26 Å². The predicted octanol–water partition coefficient (Wildman–Crippen LogP) is 4.35. The van der Waals surface area contributed by atoms with Crippen molar-refractivity contribution in [1.29, 1.82) is 5.26 Å². The van der Waals surface area contributed by atoms with Crippen LogP contribution in [0.15, 0.2) is 30.3 Å². The molecule has 3 N–H and O–H groups in total. The minimum Gasteiger partial charge on any atom is -0.399 e. The van der Waals surface area contributed by atoms with Crippen LogP contribution in [0.3, 0.4) is 0 Å². The summed E-state index contributed by atoms with van der Waals surface area (Å²) >= 11 is 17.7. The fraction of sp³-hybridized carbons (Fsp3) is 0. The number of nitriles is 1. The van der Waals surface area contributed by atoms with E-state index in [9.17, 15) is 4.79 Å². The lowest BCUT2D eigenvalue weighted by atomic mass is 10.1. The summed E-state index contributed by atoms with van der Waals surface area (Å²) in [6.07, 6.45) is 0. The van der Waals surface area contributed by atoms with Gasteiger partial charge < -0.3 is 11.1 Å². The van der Waals surface area contributed by atoms with Crippen LogP contribution in [-0.4, -0.2) is 5.91 Å². The van der Waals surface area contributed by atoms with E-state index in [1.165, 1.54) is 24.3 Å². The number of nitrogen functional groups attached to an aromatic ring is 1. The second-order valence-electron chi connectivity index (χ2n) is 4.12. The van der Waals surface area contributed by atoms with Gasteiger partial charge in [0.1, 0.15) is 6.07 Å². The summed E-state index contributed by atoms with van der Waals surface area (Å²) in [5.41, 5.74) is 6.78. The van der Waals surface area contributed by atoms with Gasteiger partial charge >= 0.3 is 0 Å². The molecule has 0 aliphatic heterocycles. The Balaban J connectivity index is 2.33. The molecule has 0 aromatic heterocycles. The summed E-state index contributed by atoms with van der Waals surface area (Å²) in [4.78, 5) is 12.2. The van der Waals surface area contributed by atoms with Gasteiger partial charge in [-0.05, 0) is 30.3 Å². The van der Waals surface area contributed by atoms with Crippen LogP contribution < -0.4 is 11.1 Å². The fourth-order valence-corrected chi connectivity index (χ4v) is 2.24. The van der Waals surface area contributed by atoms with E-state index >= 15 is 0 Å². The van der Waals surface area contributed by atoms with Crippen molar-refractivity contribution in [3.63, 3.8) is 0 Å². The molecule has 0 fully saturated rings. The number of nitrogens with zero attached hydrogens (tertiary/aromatic N) is 1. The highest BCUT2D eigenvalue weighted by molar-refractivity contribution is 6.44. The Kier molecular flexibility index (Phi) is 4.59. The maximum Gasteiger partial charge on any atom is 0.257 e. The molecule has 7 heteroatoms. The van der Waals surface area contributed by atoms with E-state index in [0.29, 0.717) is 16.4 Å². The first-order valence-electron chi connectivity index (χ1n) is 5.68. The number of halogens is 3. The van der Waals surface area contributed by atoms with Gasteiger partial charge in [-0.15, -0.1) is 0 Å². The van der Waals surface area contributed by atoms with Gasteiger partial charge in [-0.3, -0.25) is 4.79 Å². The van der Waals surface area contributed by atoms with Gasteiger partial charge in [-0.1, -0.05) is 34.8 Å². The van der Waals surface area contributed by atoms with Crippen molar-refractivity contribution in [3.05, 3.63) is 56.5 Å². The van der Waals surface area contributed by atoms with Gasteiger partial charge in [0, 0.05) is 11.4 Å². The Hall–Kier alpha value is -1.93. The zero-order chi connectivity index (χ0) is 15.6. The highest BCUT2D eigenvalue weighted by Gasteiger charge is 2.15. The molecule has 2 rings (SSSR count). The number of rotatable bonds is 2. The second-order valence-corrected chi connectivity index (χ2v) is 5.32. The molecular formula is C14H8Cl3N3O. The molecule has 0 spiro atoms. The van der Waals surface area contributed by atoms with Crippen molar-refractivity contribution in [2.45, 2.75) is 0 Å². The number of hydrogen-bond donors (Lipinski definition) is 2. The Morgan fingerprint density at radius 1 is 1.14 bits per heavy atom. The Morgan fingerprint density at radius 2 is 1.86 bits per heavy atom. The number of anilines is 2. The lowest BCUT2D eigenvalue weighted by molar-refractivity contribution is 0.102. The third-order valence-corrected chi connectivity index (χ3v) is 3.77. The molecule has 0 bridgehead atoms. The lowest BCUT2D eigenvalue weighted by Crippen LogP contribution is -2.13. The van der Waals surface area contributed by atoms with Crippen molar-refractivity contribution in [3.8, 4) is 6.07 Å². The summed E-state index contributed by atoms with van der Waals surface area (Å²) in [6, 6.07) is 9.35. The van der Waals surface area contributed by atoms with Crippen molar-refractivity contribution >= 4 is 52.1 Å². The number of carbonyl (C=O) groups is 1. The van der Waals surface area contributed by atoms with Gasteiger partial charge in [0.25, 0.3) is 5.91 Å². The van der Waals surface area contributed by atoms with E-state index in [2.05, 4.69) is 5.32 Å². The molecule has 2 aromatic carbocycles. The molecule has 21 heavy (non-hydrogen) atoms. The van der Waals surface area contributed by atoms with Crippen LogP contribution in [0.1, 0.15) is 15.9 Å². The van der Waals surface area contributed by atoms with Crippen LogP contribution in [0, 0.1) is 11.3 Å². The monoisotopic (exact) mass is 339 g/mol. The summed E-state index contributed by atoms with van der Waals surface area (Å²) < 4.78 is 0. The molecular weight excluding hydrogens is 333 g/mol. The topological polar surface area (TPSA) is 78.9 Å². The van der Waals surface area contributed by atoms with E-state index in [-0.39, 0.29) is 21.2 Å². The maximum absolute atomic E-state index is 12.2. The van der Waals surface area contributed by atoms with Crippen LogP contribution in [0.25, 0.3) is 0 Å². The molecule has 0 heterocycles. The van der Waals surface area contributed by atoms with Crippen LogP contribution in [-0.2, 0) is 0 Å². The molecule has 4 nitrogen and oxygen atoms in total.